The van der Waals surface area contributed by atoms with Crippen molar-refractivity contribution in [2.24, 2.45) is 5.92 Å². The van der Waals surface area contributed by atoms with Crippen LogP contribution < -0.4 is 0 Å². The number of hydrogen-bond acceptors (Lipinski definition) is 4. The smallest absolute Gasteiger partial charge is 0.292 e. The highest BCUT2D eigenvalue weighted by Gasteiger charge is 2.30. The largest absolute Gasteiger partial charge is 0.388 e. The van der Waals surface area contributed by atoms with Crippen molar-refractivity contribution < 1.29 is 14.4 Å². The SMILES string of the molecule is CCC(C)c1cc(C(=O)N2CCC(C(O)c3ccccc3)CC2)on1. The summed E-state index contributed by atoms with van der Waals surface area (Å²) < 4.78 is 5.26. The van der Waals surface area contributed by atoms with E-state index in [1.165, 1.54) is 0 Å². The van der Waals surface area contributed by atoms with Gasteiger partial charge < -0.3 is 14.5 Å². The molecule has 2 unspecified atom stereocenters. The van der Waals surface area contributed by atoms with E-state index in [4.69, 9.17) is 4.52 Å². The number of carbonyl (C=O) groups excluding carboxylic acids is 1. The van der Waals surface area contributed by atoms with Gasteiger partial charge in [0.2, 0.25) is 5.76 Å². The lowest BCUT2D eigenvalue weighted by Crippen LogP contribution is -2.39. The van der Waals surface area contributed by atoms with Gasteiger partial charge in [-0.2, -0.15) is 0 Å². The molecule has 1 aliphatic rings. The van der Waals surface area contributed by atoms with Crippen molar-refractivity contribution in [1.82, 2.24) is 10.1 Å². The molecule has 1 aromatic heterocycles. The van der Waals surface area contributed by atoms with Crippen LogP contribution in [0.25, 0.3) is 0 Å². The summed E-state index contributed by atoms with van der Waals surface area (Å²) in [7, 11) is 0. The molecule has 134 valence electrons. The Hall–Kier alpha value is -2.14. The Morgan fingerprint density at radius 1 is 1.32 bits per heavy atom. The van der Waals surface area contributed by atoms with Gasteiger partial charge in [-0.05, 0) is 30.7 Å². The number of amides is 1. The molecule has 2 heterocycles. The van der Waals surface area contributed by atoms with Gasteiger partial charge >= 0.3 is 0 Å². The monoisotopic (exact) mass is 342 g/mol. The fourth-order valence-electron chi connectivity index (χ4n) is 3.33. The number of aromatic nitrogens is 1. The maximum Gasteiger partial charge on any atom is 0.292 e. The molecule has 1 fully saturated rings. The van der Waals surface area contributed by atoms with Crippen molar-refractivity contribution in [2.45, 2.75) is 45.1 Å². The van der Waals surface area contributed by atoms with E-state index in [2.05, 4.69) is 19.0 Å². The predicted molar refractivity (Wildman–Crippen MR) is 95.2 cm³/mol. The lowest BCUT2D eigenvalue weighted by molar-refractivity contribution is 0.0437. The normalized spacial score (nSPS) is 18.1. The van der Waals surface area contributed by atoms with Crippen molar-refractivity contribution in [3.63, 3.8) is 0 Å². The Kier molecular flexibility index (Phi) is 5.53. The average Bonchev–Trinajstić information content (AvgIpc) is 3.17. The summed E-state index contributed by atoms with van der Waals surface area (Å²) >= 11 is 0. The third-order valence-corrected chi connectivity index (χ3v) is 5.27. The molecule has 0 radical (unpaired) electrons. The van der Waals surface area contributed by atoms with E-state index in [9.17, 15) is 9.90 Å². The maximum absolute atomic E-state index is 12.6. The molecule has 0 bridgehead atoms. The summed E-state index contributed by atoms with van der Waals surface area (Å²) in [6.45, 7) is 5.42. The van der Waals surface area contributed by atoms with E-state index in [-0.39, 0.29) is 17.7 Å². The number of likely N-dealkylation sites (tertiary alicyclic amines) is 1. The molecule has 1 N–H and O–H groups in total. The number of aliphatic hydroxyl groups excluding tert-OH is 1. The van der Waals surface area contributed by atoms with Crippen LogP contribution in [0.2, 0.25) is 0 Å². The second-order valence-electron chi connectivity index (χ2n) is 6.91. The molecule has 5 heteroatoms. The third-order valence-electron chi connectivity index (χ3n) is 5.27. The van der Waals surface area contributed by atoms with Gasteiger partial charge in [-0.3, -0.25) is 4.79 Å². The van der Waals surface area contributed by atoms with Gasteiger partial charge in [0.1, 0.15) is 0 Å². The van der Waals surface area contributed by atoms with E-state index in [1.54, 1.807) is 11.0 Å². The molecule has 0 aliphatic carbocycles. The van der Waals surface area contributed by atoms with Crippen molar-refractivity contribution in [1.29, 1.82) is 0 Å². The van der Waals surface area contributed by atoms with Crippen molar-refractivity contribution in [3.8, 4) is 0 Å². The van der Waals surface area contributed by atoms with Crippen LogP contribution in [-0.4, -0.2) is 34.2 Å². The second kappa shape index (κ2) is 7.83. The van der Waals surface area contributed by atoms with Crippen molar-refractivity contribution in [3.05, 3.63) is 53.4 Å². The molecule has 1 aromatic carbocycles. The van der Waals surface area contributed by atoms with Gasteiger partial charge in [0, 0.05) is 25.1 Å². The van der Waals surface area contributed by atoms with Crippen LogP contribution in [0.3, 0.4) is 0 Å². The highest BCUT2D eigenvalue weighted by Crippen LogP contribution is 2.31. The first-order valence-electron chi connectivity index (χ1n) is 9.09. The molecule has 1 amide bonds. The molecule has 1 aliphatic heterocycles. The summed E-state index contributed by atoms with van der Waals surface area (Å²) in [6, 6.07) is 11.5. The highest BCUT2D eigenvalue weighted by atomic mass is 16.5. The summed E-state index contributed by atoms with van der Waals surface area (Å²) in [5, 5.41) is 14.6. The van der Waals surface area contributed by atoms with E-state index in [0.717, 1.165) is 30.5 Å². The van der Waals surface area contributed by atoms with Crippen LogP contribution in [0.5, 0.6) is 0 Å². The maximum atomic E-state index is 12.6. The van der Waals surface area contributed by atoms with E-state index < -0.39 is 6.10 Å². The minimum Gasteiger partial charge on any atom is -0.388 e. The summed E-state index contributed by atoms with van der Waals surface area (Å²) in [5.74, 6) is 0.681. The summed E-state index contributed by atoms with van der Waals surface area (Å²) in [4.78, 5) is 14.4. The number of piperidine rings is 1. The topological polar surface area (TPSA) is 66.6 Å². The molecule has 2 atom stereocenters. The quantitative estimate of drug-likeness (QED) is 0.898. The first kappa shape index (κ1) is 17.7. The Morgan fingerprint density at radius 3 is 2.64 bits per heavy atom. The fraction of sp³-hybridized carbons (Fsp3) is 0.500. The molecule has 5 nitrogen and oxygen atoms in total. The van der Waals surface area contributed by atoms with Gasteiger partial charge in [0.15, 0.2) is 0 Å². The van der Waals surface area contributed by atoms with Crippen LogP contribution in [0.15, 0.2) is 40.9 Å². The average molecular weight is 342 g/mol. The fourth-order valence-corrected chi connectivity index (χ4v) is 3.33. The Balaban J connectivity index is 1.58. The standard InChI is InChI=1S/C20H26N2O3/c1-3-14(2)17-13-18(25-21-17)20(24)22-11-9-16(10-12-22)19(23)15-7-5-4-6-8-15/h4-8,13-14,16,19,23H,3,9-12H2,1-2H3. The third kappa shape index (κ3) is 3.93. The van der Waals surface area contributed by atoms with Gasteiger partial charge in [0.25, 0.3) is 5.91 Å². The van der Waals surface area contributed by atoms with Crippen molar-refractivity contribution in [2.75, 3.05) is 13.1 Å². The van der Waals surface area contributed by atoms with Crippen LogP contribution >= 0.6 is 0 Å². The highest BCUT2D eigenvalue weighted by molar-refractivity contribution is 5.91. The van der Waals surface area contributed by atoms with Gasteiger partial charge in [-0.15, -0.1) is 0 Å². The van der Waals surface area contributed by atoms with Crippen molar-refractivity contribution >= 4 is 5.91 Å². The zero-order valence-corrected chi connectivity index (χ0v) is 14.9. The number of rotatable bonds is 5. The van der Waals surface area contributed by atoms with Crippen LogP contribution in [0, 0.1) is 5.92 Å². The summed E-state index contributed by atoms with van der Waals surface area (Å²) in [5.41, 5.74) is 1.78. The molecule has 2 aromatic rings. The molecular formula is C20H26N2O3. The Labute approximate surface area is 148 Å². The number of aliphatic hydroxyl groups is 1. The zero-order valence-electron chi connectivity index (χ0n) is 14.9. The van der Waals surface area contributed by atoms with E-state index >= 15 is 0 Å². The second-order valence-corrected chi connectivity index (χ2v) is 6.91. The van der Waals surface area contributed by atoms with Crippen LogP contribution in [-0.2, 0) is 0 Å². The van der Waals surface area contributed by atoms with Gasteiger partial charge in [-0.1, -0.05) is 49.3 Å². The van der Waals surface area contributed by atoms with Crippen LogP contribution in [0.4, 0.5) is 0 Å². The molecule has 0 spiro atoms. The Morgan fingerprint density at radius 2 is 2.00 bits per heavy atom. The minimum atomic E-state index is -0.472. The summed E-state index contributed by atoms with van der Waals surface area (Å²) in [6.07, 6.45) is 2.06. The lowest BCUT2D eigenvalue weighted by atomic mass is 9.87. The first-order chi connectivity index (χ1) is 12.1. The molecule has 0 saturated carbocycles. The van der Waals surface area contributed by atoms with Gasteiger partial charge in [-0.25, -0.2) is 0 Å². The van der Waals surface area contributed by atoms with Gasteiger partial charge in [0.05, 0.1) is 11.8 Å². The molecule has 25 heavy (non-hydrogen) atoms. The molecule has 3 rings (SSSR count). The zero-order chi connectivity index (χ0) is 17.8. The number of nitrogens with zero attached hydrogens (tertiary/aromatic N) is 2. The number of carbonyl (C=O) groups is 1. The predicted octanol–water partition coefficient (Wildman–Crippen LogP) is 3.77. The molecule has 1 saturated heterocycles. The van der Waals surface area contributed by atoms with E-state index in [0.29, 0.717) is 18.8 Å². The van der Waals surface area contributed by atoms with Crippen LogP contribution in [0.1, 0.15) is 66.9 Å². The molecular weight excluding hydrogens is 316 g/mol. The van der Waals surface area contributed by atoms with E-state index in [1.807, 2.05) is 30.3 Å². The lowest BCUT2D eigenvalue weighted by Gasteiger charge is -2.33. The first-order valence-corrected chi connectivity index (χ1v) is 9.09. The Bertz CT molecular complexity index is 690. The number of benzene rings is 1. The number of hydrogen-bond donors (Lipinski definition) is 1. The minimum absolute atomic E-state index is 0.102.